The predicted octanol–water partition coefficient (Wildman–Crippen LogP) is -0.230. The van der Waals surface area contributed by atoms with Crippen LogP contribution in [0.2, 0.25) is 0 Å². The Bertz CT molecular complexity index is 126. The zero-order valence-electron chi connectivity index (χ0n) is 5.57. The van der Waals surface area contributed by atoms with Crippen LogP contribution in [0.5, 0.6) is 0 Å². The van der Waals surface area contributed by atoms with Crippen LogP contribution in [0.25, 0.3) is 0 Å². The van der Waals surface area contributed by atoms with Crippen molar-refractivity contribution in [2.75, 3.05) is 0 Å². The average molecular weight is 187 g/mol. The van der Waals surface area contributed by atoms with Gasteiger partial charge < -0.3 is 9.63 Å². The van der Waals surface area contributed by atoms with Crippen LogP contribution in [0.1, 0.15) is 19.8 Å². The minimum absolute atomic E-state index is 0. The van der Waals surface area contributed by atoms with Crippen molar-refractivity contribution in [2.24, 2.45) is 5.90 Å². The van der Waals surface area contributed by atoms with Crippen molar-refractivity contribution in [2.45, 2.75) is 19.8 Å². The molecule has 0 radical (unpaired) electrons. The molecule has 0 saturated heterocycles. The maximum absolute atomic E-state index is 10.2. The SMILES string of the molecule is CC(=O)CCC(=O)ON.[Fe]. The molecule has 0 rings (SSSR count). The summed E-state index contributed by atoms with van der Waals surface area (Å²) in [5.41, 5.74) is 0. The van der Waals surface area contributed by atoms with E-state index < -0.39 is 5.97 Å². The van der Waals surface area contributed by atoms with Gasteiger partial charge in [0.15, 0.2) is 0 Å². The van der Waals surface area contributed by atoms with Gasteiger partial charge in [-0.25, -0.2) is 0 Å². The van der Waals surface area contributed by atoms with Gasteiger partial charge in [-0.2, -0.15) is 5.90 Å². The molecule has 0 amide bonds. The van der Waals surface area contributed by atoms with Crippen LogP contribution in [-0.4, -0.2) is 11.8 Å². The molecule has 0 unspecified atom stereocenters. The van der Waals surface area contributed by atoms with Crippen LogP contribution in [0.3, 0.4) is 0 Å². The van der Waals surface area contributed by atoms with Gasteiger partial charge in [-0.05, 0) is 6.92 Å². The number of ketones is 1. The summed E-state index contributed by atoms with van der Waals surface area (Å²) in [6.45, 7) is 1.41. The number of hydrogen-bond acceptors (Lipinski definition) is 4. The zero-order valence-corrected chi connectivity index (χ0v) is 6.67. The molecule has 0 aliphatic carbocycles. The summed E-state index contributed by atoms with van der Waals surface area (Å²) in [7, 11) is 0. The van der Waals surface area contributed by atoms with Crippen LogP contribution < -0.4 is 5.90 Å². The van der Waals surface area contributed by atoms with E-state index in [0.29, 0.717) is 0 Å². The minimum Gasteiger partial charge on any atom is -0.373 e. The summed E-state index contributed by atoms with van der Waals surface area (Å²) in [6, 6.07) is 0. The summed E-state index contributed by atoms with van der Waals surface area (Å²) in [5, 5.41) is 0. The summed E-state index contributed by atoms with van der Waals surface area (Å²) >= 11 is 0. The number of carbonyl (C=O) groups is 2. The van der Waals surface area contributed by atoms with Gasteiger partial charge in [0.1, 0.15) is 5.78 Å². The standard InChI is InChI=1S/C5H9NO3.Fe/c1-4(7)2-3-5(8)9-6;/h2-3,6H2,1H3;. The van der Waals surface area contributed by atoms with Crippen LogP contribution >= 0.6 is 0 Å². The molecule has 0 atom stereocenters. The molecule has 2 N–H and O–H groups in total. The van der Waals surface area contributed by atoms with Gasteiger partial charge in [0.2, 0.25) is 0 Å². The maximum atomic E-state index is 10.2. The van der Waals surface area contributed by atoms with E-state index in [1.807, 2.05) is 0 Å². The fourth-order valence-electron chi connectivity index (χ4n) is 0.337. The van der Waals surface area contributed by atoms with E-state index in [-0.39, 0.29) is 35.7 Å². The van der Waals surface area contributed by atoms with Crippen LogP contribution in [0.15, 0.2) is 0 Å². The molecule has 0 heterocycles. The molecule has 10 heavy (non-hydrogen) atoms. The summed E-state index contributed by atoms with van der Waals surface area (Å²) in [5.74, 6) is 3.91. The average Bonchev–Trinajstić information content (AvgIpc) is 1.83. The first-order chi connectivity index (χ1) is 4.16. The maximum Gasteiger partial charge on any atom is 0.324 e. The summed E-state index contributed by atoms with van der Waals surface area (Å²) in [4.78, 5) is 24.2. The Morgan fingerprint density at radius 1 is 1.40 bits per heavy atom. The molecule has 4 nitrogen and oxygen atoms in total. The van der Waals surface area contributed by atoms with Crippen LogP contribution in [0, 0.1) is 0 Å². The van der Waals surface area contributed by atoms with E-state index in [4.69, 9.17) is 0 Å². The smallest absolute Gasteiger partial charge is 0.324 e. The number of nitrogens with two attached hydrogens (primary N) is 1. The van der Waals surface area contributed by atoms with Crippen LogP contribution in [0.4, 0.5) is 0 Å². The molecule has 60 valence electrons. The van der Waals surface area contributed by atoms with Crippen molar-refractivity contribution in [3.63, 3.8) is 0 Å². The molecule has 0 spiro atoms. The Morgan fingerprint density at radius 3 is 2.20 bits per heavy atom. The van der Waals surface area contributed by atoms with Gasteiger partial charge in [0, 0.05) is 23.5 Å². The molecule has 0 saturated carbocycles. The van der Waals surface area contributed by atoms with Crippen molar-refractivity contribution in [1.82, 2.24) is 0 Å². The second-order valence-electron chi connectivity index (χ2n) is 1.69. The molecule has 5 heteroatoms. The van der Waals surface area contributed by atoms with Gasteiger partial charge >= 0.3 is 5.97 Å². The number of hydrogen-bond donors (Lipinski definition) is 1. The second kappa shape index (κ2) is 6.74. The Kier molecular flexibility index (Phi) is 8.29. The first-order valence-corrected chi connectivity index (χ1v) is 2.56. The van der Waals surface area contributed by atoms with E-state index in [0.717, 1.165) is 0 Å². The second-order valence-corrected chi connectivity index (χ2v) is 1.69. The summed E-state index contributed by atoms with van der Waals surface area (Å²) in [6.07, 6.45) is 0.280. The molecule has 0 aromatic rings. The third-order valence-electron chi connectivity index (χ3n) is 0.813. The third-order valence-corrected chi connectivity index (χ3v) is 0.813. The Morgan fingerprint density at radius 2 is 1.90 bits per heavy atom. The normalized spacial score (nSPS) is 7.80. The van der Waals surface area contributed by atoms with E-state index in [1.54, 1.807) is 0 Å². The Balaban J connectivity index is 0. The molecule has 0 fully saturated rings. The topological polar surface area (TPSA) is 69.4 Å². The Labute approximate surface area is 69.5 Å². The first-order valence-electron chi connectivity index (χ1n) is 2.56. The molecular weight excluding hydrogens is 178 g/mol. The van der Waals surface area contributed by atoms with E-state index in [1.165, 1.54) is 6.92 Å². The molecule has 0 aromatic carbocycles. The van der Waals surface area contributed by atoms with Crippen LogP contribution in [-0.2, 0) is 31.5 Å². The molecule has 0 bridgehead atoms. The third kappa shape index (κ3) is 7.62. The van der Waals surface area contributed by atoms with E-state index in [2.05, 4.69) is 10.7 Å². The number of Topliss-reactive ketones (excluding diaryl/α,β-unsaturated/α-hetero) is 1. The van der Waals surface area contributed by atoms with Gasteiger partial charge in [0.05, 0.1) is 6.42 Å². The fraction of sp³-hybridized carbons (Fsp3) is 0.600. The van der Waals surface area contributed by atoms with Gasteiger partial charge in [0.25, 0.3) is 0 Å². The van der Waals surface area contributed by atoms with Crippen molar-refractivity contribution in [1.29, 1.82) is 0 Å². The quantitative estimate of drug-likeness (QED) is 0.489. The predicted molar refractivity (Wildman–Crippen MR) is 30.2 cm³/mol. The van der Waals surface area contributed by atoms with Gasteiger partial charge in [-0.3, -0.25) is 4.79 Å². The molecule has 0 aliphatic heterocycles. The minimum atomic E-state index is -0.551. The van der Waals surface area contributed by atoms with Gasteiger partial charge in [-0.15, -0.1) is 0 Å². The van der Waals surface area contributed by atoms with E-state index in [9.17, 15) is 9.59 Å². The van der Waals surface area contributed by atoms with Crippen molar-refractivity contribution < 1.29 is 31.5 Å². The molecule has 0 aromatic heterocycles. The monoisotopic (exact) mass is 187 g/mol. The summed E-state index contributed by atoms with van der Waals surface area (Å²) < 4.78 is 0. The number of rotatable bonds is 3. The largest absolute Gasteiger partial charge is 0.373 e. The van der Waals surface area contributed by atoms with Crippen molar-refractivity contribution >= 4 is 11.8 Å². The fourth-order valence-corrected chi connectivity index (χ4v) is 0.337. The zero-order chi connectivity index (χ0) is 7.28. The molecular formula is C5H9FeNO3. The number of carbonyl (C=O) groups excluding carboxylic acids is 2. The van der Waals surface area contributed by atoms with E-state index >= 15 is 0 Å². The van der Waals surface area contributed by atoms with Gasteiger partial charge in [-0.1, -0.05) is 0 Å². The van der Waals surface area contributed by atoms with Crippen molar-refractivity contribution in [3.05, 3.63) is 0 Å². The first kappa shape index (κ1) is 12.3. The Hall–Kier alpha value is -0.381. The molecule has 0 aliphatic rings. The van der Waals surface area contributed by atoms with Crippen molar-refractivity contribution in [3.8, 4) is 0 Å².